The molecular weight excluding hydrogens is 336 g/mol. The van der Waals surface area contributed by atoms with Crippen LogP contribution in [-0.4, -0.2) is 15.7 Å². The number of benzene rings is 2. The van der Waals surface area contributed by atoms with Gasteiger partial charge in [0.15, 0.2) is 0 Å². The third-order valence-corrected chi connectivity index (χ3v) is 4.24. The van der Waals surface area contributed by atoms with Crippen molar-refractivity contribution in [2.75, 3.05) is 0 Å². The molecule has 0 saturated heterocycles. The Morgan fingerprint density at radius 3 is 2.23 bits per heavy atom. The van der Waals surface area contributed by atoms with Gasteiger partial charge in [0.05, 0.1) is 29.2 Å². The number of nitrogens with one attached hydrogen (secondary N) is 1. The quantitative estimate of drug-likeness (QED) is 0.745. The fourth-order valence-corrected chi connectivity index (χ4v) is 2.82. The molecule has 1 aromatic heterocycles. The summed E-state index contributed by atoms with van der Waals surface area (Å²) in [6.07, 6.45) is 2.10. The number of aromatic nitrogens is 2. The second-order valence-corrected chi connectivity index (χ2v) is 5.99. The summed E-state index contributed by atoms with van der Waals surface area (Å²) < 4.78 is 27.8. The summed E-state index contributed by atoms with van der Waals surface area (Å²) >= 11 is 0. The fraction of sp³-hybridized carbons (Fsp3) is 0.200. The maximum absolute atomic E-state index is 13.1. The van der Waals surface area contributed by atoms with Crippen LogP contribution in [0.5, 0.6) is 0 Å². The van der Waals surface area contributed by atoms with Crippen LogP contribution in [0.3, 0.4) is 0 Å². The molecule has 0 aliphatic rings. The molecule has 1 amide bonds. The lowest BCUT2D eigenvalue weighted by atomic mass is 10.1. The van der Waals surface area contributed by atoms with Gasteiger partial charge in [-0.15, -0.1) is 0 Å². The number of halogens is 2. The molecule has 4 nitrogen and oxygen atoms in total. The average Bonchev–Trinajstić information content (AvgIpc) is 3.07. The lowest BCUT2D eigenvalue weighted by Gasteiger charge is -2.15. The van der Waals surface area contributed by atoms with E-state index in [1.807, 2.05) is 13.8 Å². The van der Waals surface area contributed by atoms with Gasteiger partial charge in [-0.3, -0.25) is 4.79 Å². The molecular formula is C20H19F2N3O. The van der Waals surface area contributed by atoms with Crippen molar-refractivity contribution in [3.05, 3.63) is 83.2 Å². The SMILES string of the molecule is CCc1c(C(=O)NC(C)c2ccc(F)cc2)cnn1-c1ccc(F)cc1. The lowest BCUT2D eigenvalue weighted by molar-refractivity contribution is 0.0939. The van der Waals surface area contributed by atoms with Gasteiger partial charge < -0.3 is 5.32 Å². The van der Waals surface area contributed by atoms with Crippen molar-refractivity contribution < 1.29 is 13.6 Å². The molecule has 0 aliphatic heterocycles. The van der Waals surface area contributed by atoms with Crippen molar-refractivity contribution in [3.63, 3.8) is 0 Å². The van der Waals surface area contributed by atoms with Crippen LogP contribution in [0.2, 0.25) is 0 Å². The minimum Gasteiger partial charge on any atom is -0.345 e. The Balaban J connectivity index is 1.83. The van der Waals surface area contributed by atoms with Gasteiger partial charge in [-0.1, -0.05) is 19.1 Å². The second kappa shape index (κ2) is 7.47. The van der Waals surface area contributed by atoms with E-state index in [0.29, 0.717) is 17.7 Å². The summed E-state index contributed by atoms with van der Waals surface area (Å²) in [6.45, 7) is 3.76. The highest BCUT2D eigenvalue weighted by Crippen LogP contribution is 2.18. The third kappa shape index (κ3) is 3.64. The van der Waals surface area contributed by atoms with E-state index in [0.717, 1.165) is 11.3 Å². The van der Waals surface area contributed by atoms with E-state index >= 15 is 0 Å². The number of nitrogens with zero attached hydrogens (tertiary/aromatic N) is 2. The van der Waals surface area contributed by atoms with Gasteiger partial charge in [0, 0.05) is 0 Å². The first-order chi connectivity index (χ1) is 12.5. The van der Waals surface area contributed by atoms with Gasteiger partial charge in [0.1, 0.15) is 11.6 Å². The summed E-state index contributed by atoms with van der Waals surface area (Å²) in [5.74, 6) is -0.904. The lowest BCUT2D eigenvalue weighted by Crippen LogP contribution is -2.27. The molecule has 134 valence electrons. The zero-order chi connectivity index (χ0) is 18.7. The molecule has 0 aliphatic carbocycles. The number of hydrogen-bond acceptors (Lipinski definition) is 2. The standard InChI is InChI=1S/C20H19F2N3O/c1-3-19-18(12-23-25(19)17-10-8-16(22)9-11-17)20(26)24-13(2)14-4-6-15(21)7-5-14/h4-13H,3H2,1-2H3,(H,24,26). The topological polar surface area (TPSA) is 46.9 Å². The fourth-order valence-electron chi connectivity index (χ4n) is 2.82. The smallest absolute Gasteiger partial charge is 0.255 e. The third-order valence-electron chi connectivity index (χ3n) is 4.24. The predicted octanol–water partition coefficient (Wildman–Crippen LogP) is 4.20. The van der Waals surface area contributed by atoms with Crippen LogP contribution >= 0.6 is 0 Å². The largest absolute Gasteiger partial charge is 0.345 e. The van der Waals surface area contributed by atoms with Crippen LogP contribution < -0.4 is 5.32 Å². The number of hydrogen-bond donors (Lipinski definition) is 1. The van der Waals surface area contributed by atoms with Crippen molar-refractivity contribution in [3.8, 4) is 5.69 Å². The van der Waals surface area contributed by atoms with E-state index in [-0.39, 0.29) is 23.6 Å². The summed E-state index contributed by atoms with van der Waals surface area (Å²) in [5.41, 5.74) is 2.70. The van der Waals surface area contributed by atoms with E-state index in [9.17, 15) is 13.6 Å². The number of carbonyl (C=O) groups is 1. The summed E-state index contributed by atoms with van der Waals surface area (Å²) in [5, 5.41) is 7.19. The molecule has 1 heterocycles. The van der Waals surface area contributed by atoms with Crippen LogP contribution in [0.25, 0.3) is 5.69 Å². The first-order valence-corrected chi connectivity index (χ1v) is 8.38. The molecule has 0 radical (unpaired) electrons. The molecule has 1 unspecified atom stereocenters. The molecule has 0 spiro atoms. The van der Waals surface area contributed by atoms with Gasteiger partial charge in [-0.25, -0.2) is 13.5 Å². The number of rotatable bonds is 5. The summed E-state index contributed by atoms with van der Waals surface area (Å²) in [4.78, 5) is 12.7. The molecule has 1 atom stereocenters. The zero-order valence-corrected chi connectivity index (χ0v) is 14.5. The van der Waals surface area contributed by atoms with Crippen molar-refractivity contribution in [2.24, 2.45) is 0 Å². The van der Waals surface area contributed by atoms with E-state index in [4.69, 9.17) is 0 Å². The Bertz CT molecular complexity index is 902. The molecule has 0 bridgehead atoms. The Hall–Kier alpha value is -3.02. The maximum atomic E-state index is 13.1. The summed E-state index contributed by atoms with van der Waals surface area (Å²) in [6, 6.07) is 11.7. The van der Waals surface area contributed by atoms with Crippen molar-refractivity contribution >= 4 is 5.91 Å². The molecule has 0 fully saturated rings. The van der Waals surface area contributed by atoms with Gasteiger partial charge in [0.25, 0.3) is 5.91 Å². The van der Waals surface area contributed by atoms with E-state index < -0.39 is 0 Å². The molecule has 3 aromatic rings. The first kappa shape index (κ1) is 17.8. The Morgan fingerprint density at radius 1 is 1.08 bits per heavy atom. The van der Waals surface area contributed by atoms with Crippen molar-refractivity contribution in [1.29, 1.82) is 0 Å². The van der Waals surface area contributed by atoms with Gasteiger partial charge in [-0.2, -0.15) is 5.10 Å². The van der Waals surface area contributed by atoms with Crippen LogP contribution in [0, 0.1) is 11.6 Å². The van der Waals surface area contributed by atoms with Crippen molar-refractivity contribution in [1.82, 2.24) is 15.1 Å². The van der Waals surface area contributed by atoms with E-state index in [1.165, 1.54) is 30.5 Å². The predicted molar refractivity (Wildman–Crippen MR) is 95.2 cm³/mol. The Morgan fingerprint density at radius 2 is 1.65 bits per heavy atom. The first-order valence-electron chi connectivity index (χ1n) is 8.38. The molecule has 1 N–H and O–H groups in total. The van der Waals surface area contributed by atoms with Gasteiger partial charge >= 0.3 is 0 Å². The van der Waals surface area contributed by atoms with E-state index in [1.54, 1.807) is 28.9 Å². The van der Waals surface area contributed by atoms with Crippen LogP contribution in [0.1, 0.15) is 41.5 Å². The van der Waals surface area contributed by atoms with Crippen LogP contribution in [0.15, 0.2) is 54.7 Å². The van der Waals surface area contributed by atoms with Gasteiger partial charge in [-0.05, 0) is 55.3 Å². The summed E-state index contributed by atoms with van der Waals surface area (Å²) in [7, 11) is 0. The number of amides is 1. The monoisotopic (exact) mass is 355 g/mol. The van der Waals surface area contributed by atoms with Crippen LogP contribution in [-0.2, 0) is 6.42 Å². The highest BCUT2D eigenvalue weighted by Gasteiger charge is 2.19. The normalized spacial score (nSPS) is 12.0. The van der Waals surface area contributed by atoms with Crippen LogP contribution in [0.4, 0.5) is 8.78 Å². The van der Waals surface area contributed by atoms with Crippen molar-refractivity contribution in [2.45, 2.75) is 26.3 Å². The average molecular weight is 355 g/mol. The Kier molecular flexibility index (Phi) is 5.11. The number of carbonyl (C=O) groups excluding carboxylic acids is 1. The zero-order valence-electron chi connectivity index (χ0n) is 14.5. The Labute approximate surface area is 150 Å². The van der Waals surface area contributed by atoms with Gasteiger partial charge in [0.2, 0.25) is 0 Å². The van der Waals surface area contributed by atoms with E-state index in [2.05, 4.69) is 10.4 Å². The highest BCUT2D eigenvalue weighted by atomic mass is 19.1. The highest BCUT2D eigenvalue weighted by molar-refractivity contribution is 5.95. The molecule has 26 heavy (non-hydrogen) atoms. The minimum atomic E-state index is -0.329. The molecule has 3 rings (SSSR count). The molecule has 0 saturated carbocycles. The minimum absolute atomic E-state index is 0.257. The second-order valence-electron chi connectivity index (χ2n) is 5.99. The molecule has 2 aromatic carbocycles. The molecule has 6 heteroatoms. The maximum Gasteiger partial charge on any atom is 0.255 e.